The van der Waals surface area contributed by atoms with E-state index in [1.165, 1.54) is 0 Å². The zero-order valence-corrected chi connectivity index (χ0v) is 14.3. The molecular formula is C7H5F11O6S3. The van der Waals surface area contributed by atoms with Crippen LogP contribution in [0.5, 0.6) is 0 Å². The van der Waals surface area contributed by atoms with Crippen LogP contribution >= 0.6 is 0 Å². The average Bonchev–Trinajstić information content (AvgIpc) is 2.16. The number of hydrogen-bond donors (Lipinski definition) is 0. The summed E-state index contributed by atoms with van der Waals surface area (Å²) < 4.78 is 198. The Bertz CT molecular complexity index is 813. The normalized spacial score (nSPS) is 16.0. The van der Waals surface area contributed by atoms with Gasteiger partial charge in [0.05, 0.1) is 0 Å². The van der Waals surface area contributed by atoms with Gasteiger partial charge in [0.2, 0.25) is 0 Å². The summed E-state index contributed by atoms with van der Waals surface area (Å²) in [6.45, 7) is 0. The highest BCUT2D eigenvalue weighted by atomic mass is 32.3. The van der Waals surface area contributed by atoms with Gasteiger partial charge in [0, 0.05) is 0 Å². The van der Waals surface area contributed by atoms with Gasteiger partial charge in [-0.1, -0.05) is 0 Å². The van der Waals surface area contributed by atoms with E-state index >= 15 is 0 Å². The van der Waals surface area contributed by atoms with Gasteiger partial charge >= 0.3 is 23.8 Å². The van der Waals surface area contributed by atoms with Crippen molar-refractivity contribution >= 4 is 29.5 Å². The van der Waals surface area contributed by atoms with E-state index in [4.69, 9.17) is 0 Å². The second kappa shape index (κ2) is 6.85. The van der Waals surface area contributed by atoms with Crippen LogP contribution in [0.1, 0.15) is 0 Å². The Hall–Kier alpha value is -0.920. The van der Waals surface area contributed by atoms with E-state index in [2.05, 4.69) is 0 Å². The quantitative estimate of drug-likeness (QED) is 0.527. The molecule has 0 aromatic heterocycles. The third kappa shape index (κ3) is 6.03. The number of rotatable bonds is 6. The third-order valence-electron chi connectivity index (χ3n) is 2.26. The Morgan fingerprint density at radius 1 is 0.556 bits per heavy atom. The molecule has 0 unspecified atom stereocenters. The monoisotopic (exact) mass is 490 g/mol. The second-order valence-electron chi connectivity index (χ2n) is 4.69. The van der Waals surface area contributed by atoms with Crippen LogP contribution in [-0.4, -0.2) is 64.5 Å². The first-order valence-corrected chi connectivity index (χ1v) is 10.5. The molecule has 6 nitrogen and oxygen atoms in total. The van der Waals surface area contributed by atoms with Gasteiger partial charge in [0.15, 0.2) is 19.7 Å². The molecule has 0 N–H and O–H groups in total. The predicted octanol–water partition coefficient (Wildman–Crippen LogP) is 1.79. The summed E-state index contributed by atoms with van der Waals surface area (Å²) >= 11 is 0. The predicted molar refractivity (Wildman–Crippen MR) is 63.4 cm³/mol. The maximum atomic E-state index is 13.1. The van der Waals surface area contributed by atoms with Crippen LogP contribution in [0, 0.1) is 0 Å². The topological polar surface area (TPSA) is 102 Å². The molecule has 0 spiro atoms. The number of alkyl halides is 11. The summed E-state index contributed by atoms with van der Waals surface area (Å²) in [5.41, 5.74) is 0. The van der Waals surface area contributed by atoms with E-state index < -0.39 is 68.7 Å². The molecule has 0 saturated carbocycles. The van der Waals surface area contributed by atoms with E-state index in [0.717, 1.165) is 0 Å². The van der Waals surface area contributed by atoms with Crippen LogP contribution in [0.25, 0.3) is 0 Å². The van der Waals surface area contributed by atoms with Gasteiger partial charge in [-0.25, -0.2) is 25.3 Å². The lowest BCUT2D eigenvalue weighted by Gasteiger charge is -2.25. The van der Waals surface area contributed by atoms with Gasteiger partial charge in [-0.15, -0.1) is 0 Å². The molecule has 0 radical (unpaired) electrons. The van der Waals surface area contributed by atoms with Crippen molar-refractivity contribution in [3.05, 3.63) is 0 Å². The molecule has 0 aliphatic heterocycles. The van der Waals surface area contributed by atoms with Gasteiger partial charge < -0.3 is 0 Å². The van der Waals surface area contributed by atoms with E-state index in [0.29, 0.717) is 0 Å². The molecule has 0 fully saturated rings. The van der Waals surface area contributed by atoms with Gasteiger partial charge in [-0.3, -0.25) is 0 Å². The molecule has 0 aliphatic carbocycles. The van der Waals surface area contributed by atoms with Crippen molar-refractivity contribution in [3.63, 3.8) is 0 Å². The lowest BCUT2D eigenvalue weighted by Crippen LogP contribution is -2.55. The average molecular weight is 490 g/mol. The molecule has 0 saturated heterocycles. The van der Waals surface area contributed by atoms with Gasteiger partial charge in [-0.2, -0.15) is 48.3 Å². The summed E-state index contributed by atoms with van der Waals surface area (Å²) in [5.74, 6) is -7.20. The Morgan fingerprint density at radius 3 is 1.00 bits per heavy atom. The van der Waals surface area contributed by atoms with E-state index in [-0.39, 0.29) is 0 Å². The van der Waals surface area contributed by atoms with Crippen molar-refractivity contribution in [2.24, 2.45) is 0 Å². The van der Waals surface area contributed by atoms with Crippen molar-refractivity contribution in [3.8, 4) is 0 Å². The summed E-state index contributed by atoms with van der Waals surface area (Å²) in [6.07, 6.45) is -19.4. The van der Waals surface area contributed by atoms with E-state index in [1.807, 2.05) is 0 Å². The van der Waals surface area contributed by atoms with Crippen LogP contribution < -0.4 is 0 Å². The maximum Gasteiger partial charge on any atom is 0.469 e. The summed E-state index contributed by atoms with van der Waals surface area (Å²) in [6, 6.07) is 0. The zero-order chi connectivity index (χ0) is 22.5. The molecule has 0 aromatic carbocycles. The Kier molecular flexibility index (Phi) is 6.62. The van der Waals surface area contributed by atoms with Crippen molar-refractivity contribution in [1.29, 1.82) is 0 Å². The Labute approximate surface area is 143 Å². The summed E-state index contributed by atoms with van der Waals surface area (Å²) in [5, 5.41) is -7.30. The van der Waals surface area contributed by atoms with Crippen molar-refractivity contribution in [2.75, 3.05) is 11.5 Å². The fraction of sp³-hybridized carbons (Fsp3) is 1.00. The minimum Gasteiger partial charge on any atom is -0.226 e. The van der Waals surface area contributed by atoms with E-state index in [1.54, 1.807) is 0 Å². The Morgan fingerprint density at radius 2 is 0.815 bits per heavy atom. The number of hydrogen-bond acceptors (Lipinski definition) is 6. The minimum absolute atomic E-state index is 3.60. The molecule has 27 heavy (non-hydrogen) atoms. The summed E-state index contributed by atoms with van der Waals surface area (Å²) in [7, 11) is -22.2. The largest absolute Gasteiger partial charge is 0.469 e. The molecule has 164 valence electrons. The highest BCUT2D eigenvalue weighted by molar-refractivity contribution is 8.24. The smallest absolute Gasteiger partial charge is 0.226 e. The third-order valence-corrected chi connectivity index (χ3v) is 11.4. The first-order chi connectivity index (χ1) is 11.3. The van der Waals surface area contributed by atoms with Crippen molar-refractivity contribution in [1.82, 2.24) is 0 Å². The standard InChI is InChI=1S/C7H5F11O6S3/c8-4(9,10)1-25(19,20)3(26(21,22)2-5(11,12)13)27(23,24)7(17,18)6(14,15)16/h3H,1-2H2. The highest BCUT2D eigenvalue weighted by Crippen LogP contribution is 2.44. The summed E-state index contributed by atoms with van der Waals surface area (Å²) in [4.78, 5) is 0. The molecule has 0 heterocycles. The Balaban J connectivity index is 6.95. The molecule has 0 amide bonds. The fourth-order valence-corrected chi connectivity index (χ4v) is 9.65. The molecule has 0 aliphatic rings. The highest BCUT2D eigenvalue weighted by Gasteiger charge is 2.73. The lowest BCUT2D eigenvalue weighted by molar-refractivity contribution is -0.241. The van der Waals surface area contributed by atoms with E-state index in [9.17, 15) is 73.5 Å². The molecule has 20 heteroatoms. The second-order valence-corrected chi connectivity index (χ2v) is 11.8. The molecule has 0 rings (SSSR count). The van der Waals surface area contributed by atoms with Crippen molar-refractivity contribution < 1.29 is 73.5 Å². The molecule has 0 atom stereocenters. The lowest BCUT2D eigenvalue weighted by atomic mass is 10.7. The number of sulfone groups is 3. The van der Waals surface area contributed by atoms with Crippen LogP contribution in [0.3, 0.4) is 0 Å². The van der Waals surface area contributed by atoms with Crippen LogP contribution in [0.4, 0.5) is 48.3 Å². The first kappa shape index (κ1) is 26.1. The minimum atomic E-state index is -8.05. The molecule has 0 bridgehead atoms. The van der Waals surface area contributed by atoms with Crippen molar-refractivity contribution in [2.45, 2.75) is 27.7 Å². The van der Waals surface area contributed by atoms with Crippen LogP contribution in [-0.2, 0) is 29.5 Å². The van der Waals surface area contributed by atoms with Gasteiger partial charge in [-0.05, 0) is 0 Å². The SMILES string of the molecule is O=S(=O)(CC(F)(F)F)C(S(=O)(=O)CC(F)(F)F)S(=O)(=O)C(F)(F)C(F)(F)F. The zero-order valence-electron chi connectivity index (χ0n) is 11.8. The van der Waals surface area contributed by atoms with Gasteiger partial charge in [0.1, 0.15) is 11.5 Å². The first-order valence-electron chi connectivity index (χ1n) is 5.52. The van der Waals surface area contributed by atoms with Crippen LogP contribution in [0.2, 0.25) is 0 Å². The maximum absolute atomic E-state index is 13.1. The molecule has 0 aromatic rings. The number of halogens is 11. The fourth-order valence-electron chi connectivity index (χ4n) is 1.48. The molecular weight excluding hydrogens is 485 g/mol. The van der Waals surface area contributed by atoms with Gasteiger partial charge in [0.25, 0.3) is 13.8 Å². The van der Waals surface area contributed by atoms with Crippen LogP contribution in [0.15, 0.2) is 0 Å².